The van der Waals surface area contributed by atoms with E-state index in [-0.39, 0.29) is 23.9 Å². The number of hydrogen-bond acceptors (Lipinski definition) is 5. The molecule has 3 heterocycles. The van der Waals surface area contributed by atoms with Crippen molar-refractivity contribution in [3.63, 3.8) is 0 Å². The molecule has 1 aliphatic rings. The van der Waals surface area contributed by atoms with E-state index in [1.54, 1.807) is 18.7 Å². The van der Waals surface area contributed by atoms with Gasteiger partial charge in [0.2, 0.25) is 15.9 Å². The molecule has 9 heteroatoms. The van der Waals surface area contributed by atoms with Crippen molar-refractivity contribution >= 4 is 26.8 Å². The number of H-pyrrole nitrogens is 1. The summed E-state index contributed by atoms with van der Waals surface area (Å²) in [5, 5.41) is 4.94. The Morgan fingerprint density at radius 2 is 1.90 bits per heavy atom. The number of benzene rings is 1. The van der Waals surface area contributed by atoms with Crippen molar-refractivity contribution in [1.82, 2.24) is 19.3 Å². The summed E-state index contributed by atoms with van der Waals surface area (Å²) >= 11 is 0. The summed E-state index contributed by atoms with van der Waals surface area (Å²) in [5.41, 5.74) is 2.69. The molecule has 2 aromatic heterocycles. The number of nitrogens with one attached hydrogen (secondary N) is 1. The molecule has 0 aliphatic carbocycles. The number of nitrogens with zero attached hydrogens (tertiary/aromatic N) is 3. The van der Waals surface area contributed by atoms with Crippen LogP contribution in [0.15, 0.2) is 39.9 Å². The number of fused-ring (bicyclic) bond motifs is 1. The Morgan fingerprint density at radius 3 is 2.60 bits per heavy atom. The van der Waals surface area contributed by atoms with Gasteiger partial charge in [-0.1, -0.05) is 23.4 Å². The lowest BCUT2D eigenvalue weighted by Crippen LogP contribution is -2.50. The smallest absolute Gasteiger partial charge is 0.248 e. The molecule has 1 aromatic carbocycles. The van der Waals surface area contributed by atoms with Crippen LogP contribution in [0.2, 0.25) is 0 Å². The number of aromatic amines is 1. The van der Waals surface area contributed by atoms with Crippen LogP contribution in [0.25, 0.3) is 10.9 Å². The number of aromatic nitrogens is 2. The van der Waals surface area contributed by atoms with E-state index in [0.717, 1.165) is 18.4 Å². The Morgan fingerprint density at radius 1 is 1.17 bits per heavy atom. The maximum Gasteiger partial charge on any atom is 0.248 e. The SMILES string of the molecule is Cc1noc(C)c1S(=O)(=O)N1CCN(C(=O)CCCc2c[nH]c3ccccc23)CC1. The predicted octanol–water partition coefficient (Wildman–Crippen LogP) is 2.63. The van der Waals surface area contributed by atoms with Gasteiger partial charge in [-0.25, -0.2) is 8.42 Å². The highest BCUT2D eigenvalue weighted by atomic mass is 32.2. The molecule has 0 saturated carbocycles. The molecule has 1 aliphatic heterocycles. The monoisotopic (exact) mass is 430 g/mol. The number of carbonyl (C=O) groups is 1. The van der Waals surface area contributed by atoms with Gasteiger partial charge in [-0.05, 0) is 38.3 Å². The van der Waals surface area contributed by atoms with Crippen molar-refractivity contribution in [2.45, 2.75) is 38.0 Å². The maximum absolute atomic E-state index is 12.9. The number of rotatable bonds is 6. The highest BCUT2D eigenvalue weighted by molar-refractivity contribution is 7.89. The number of aryl methyl sites for hydroxylation is 3. The molecule has 0 spiro atoms. The quantitative estimate of drug-likeness (QED) is 0.648. The summed E-state index contributed by atoms with van der Waals surface area (Å²) in [5.74, 6) is 0.368. The average Bonchev–Trinajstić information content (AvgIpc) is 3.31. The van der Waals surface area contributed by atoms with E-state index < -0.39 is 10.0 Å². The standard InChI is InChI=1S/C21H26N4O4S/c1-15-21(16(2)29-23-15)30(27,28)25-12-10-24(11-13-25)20(26)9-5-6-17-14-22-19-8-4-3-7-18(17)19/h3-4,7-8,14,22H,5-6,9-13H2,1-2H3. The summed E-state index contributed by atoms with van der Waals surface area (Å²) in [6.45, 7) is 4.57. The predicted molar refractivity (Wildman–Crippen MR) is 113 cm³/mol. The first-order valence-corrected chi connectivity index (χ1v) is 11.6. The molecule has 0 bridgehead atoms. The van der Waals surface area contributed by atoms with E-state index in [4.69, 9.17) is 4.52 Å². The Hall–Kier alpha value is -2.65. The largest absolute Gasteiger partial charge is 0.361 e. The maximum atomic E-state index is 12.9. The van der Waals surface area contributed by atoms with Crippen molar-refractivity contribution in [3.05, 3.63) is 47.5 Å². The topological polar surface area (TPSA) is 99.5 Å². The van der Waals surface area contributed by atoms with Gasteiger partial charge in [-0.3, -0.25) is 4.79 Å². The fraction of sp³-hybridized carbons (Fsp3) is 0.429. The minimum absolute atomic E-state index is 0.0734. The zero-order valence-electron chi connectivity index (χ0n) is 17.2. The zero-order valence-corrected chi connectivity index (χ0v) is 18.0. The van der Waals surface area contributed by atoms with Crippen LogP contribution >= 0.6 is 0 Å². The highest BCUT2D eigenvalue weighted by Crippen LogP contribution is 2.24. The molecule has 1 N–H and O–H groups in total. The lowest BCUT2D eigenvalue weighted by atomic mass is 10.1. The molecule has 1 amide bonds. The van der Waals surface area contributed by atoms with Crippen LogP contribution in [0.1, 0.15) is 29.9 Å². The fourth-order valence-corrected chi connectivity index (χ4v) is 5.79. The average molecular weight is 431 g/mol. The Kier molecular flexibility index (Phi) is 5.66. The third-order valence-corrected chi connectivity index (χ3v) is 7.81. The molecule has 30 heavy (non-hydrogen) atoms. The number of para-hydroxylation sites is 1. The van der Waals surface area contributed by atoms with Crippen molar-refractivity contribution < 1.29 is 17.7 Å². The van der Waals surface area contributed by atoms with Crippen LogP contribution in [0.3, 0.4) is 0 Å². The van der Waals surface area contributed by atoms with Gasteiger partial charge in [0.25, 0.3) is 0 Å². The van der Waals surface area contributed by atoms with Crippen LogP contribution in [-0.4, -0.2) is 59.8 Å². The van der Waals surface area contributed by atoms with Gasteiger partial charge >= 0.3 is 0 Å². The third kappa shape index (κ3) is 3.87. The van der Waals surface area contributed by atoms with Gasteiger partial charge in [-0.2, -0.15) is 4.31 Å². The number of sulfonamides is 1. The van der Waals surface area contributed by atoms with Gasteiger partial charge in [0.05, 0.1) is 0 Å². The van der Waals surface area contributed by atoms with Crippen molar-refractivity contribution in [1.29, 1.82) is 0 Å². The first-order chi connectivity index (χ1) is 14.4. The summed E-state index contributed by atoms with van der Waals surface area (Å²) in [4.78, 5) is 17.8. The Balaban J connectivity index is 1.30. The summed E-state index contributed by atoms with van der Waals surface area (Å²) in [6, 6.07) is 8.14. The molecule has 1 fully saturated rings. The summed E-state index contributed by atoms with van der Waals surface area (Å²) < 4.78 is 32.2. The van der Waals surface area contributed by atoms with Gasteiger partial charge in [-0.15, -0.1) is 0 Å². The first-order valence-electron chi connectivity index (χ1n) is 10.1. The second kappa shape index (κ2) is 8.23. The number of amides is 1. The summed E-state index contributed by atoms with van der Waals surface area (Å²) in [6.07, 6.45) is 4.05. The van der Waals surface area contributed by atoms with Crippen LogP contribution in [-0.2, 0) is 21.2 Å². The molecule has 0 radical (unpaired) electrons. The second-order valence-corrected chi connectivity index (χ2v) is 9.53. The first kappa shape index (κ1) is 20.6. The van der Waals surface area contributed by atoms with Gasteiger partial charge in [0.1, 0.15) is 10.6 Å². The molecule has 8 nitrogen and oxygen atoms in total. The minimum Gasteiger partial charge on any atom is -0.361 e. The van der Waals surface area contributed by atoms with E-state index in [0.29, 0.717) is 31.0 Å². The molecule has 0 unspecified atom stereocenters. The third-order valence-electron chi connectivity index (χ3n) is 5.67. The van der Waals surface area contributed by atoms with Gasteiger partial charge < -0.3 is 14.4 Å². The van der Waals surface area contributed by atoms with E-state index in [9.17, 15) is 13.2 Å². The van der Waals surface area contributed by atoms with Crippen molar-refractivity contribution in [2.24, 2.45) is 0 Å². The van der Waals surface area contributed by atoms with E-state index in [1.165, 1.54) is 15.3 Å². The molecular formula is C21H26N4O4S. The van der Waals surface area contributed by atoms with Crippen molar-refractivity contribution in [2.75, 3.05) is 26.2 Å². The molecule has 1 saturated heterocycles. The van der Waals surface area contributed by atoms with Crippen LogP contribution < -0.4 is 0 Å². The summed E-state index contributed by atoms with van der Waals surface area (Å²) in [7, 11) is -3.66. The second-order valence-electron chi connectivity index (χ2n) is 7.65. The van der Waals surface area contributed by atoms with E-state index in [1.807, 2.05) is 24.4 Å². The molecule has 3 aromatic rings. The number of piperazine rings is 1. The molecule has 0 atom stereocenters. The van der Waals surface area contributed by atoms with Crippen LogP contribution in [0, 0.1) is 13.8 Å². The molecule has 4 rings (SSSR count). The van der Waals surface area contributed by atoms with Gasteiger partial charge in [0.15, 0.2) is 5.76 Å². The minimum atomic E-state index is -3.66. The zero-order chi connectivity index (χ0) is 21.3. The van der Waals surface area contributed by atoms with E-state index >= 15 is 0 Å². The Bertz CT molecular complexity index is 1140. The highest BCUT2D eigenvalue weighted by Gasteiger charge is 2.34. The molecular weight excluding hydrogens is 404 g/mol. The Labute approximate surface area is 175 Å². The van der Waals surface area contributed by atoms with Crippen LogP contribution in [0.5, 0.6) is 0 Å². The number of hydrogen-bond donors (Lipinski definition) is 1. The lowest BCUT2D eigenvalue weighted by Gasteiger charge is -2.34. The lowest BCUT2D eigenvalue weighted by molar-refractivity contribution is -0.132. The normalized spacial score (nSPS) is 15.7. The number of carbonyl (C=O) groups excluding carboxylic acids is 1. The van der Waals surface area contributed by atoms with E-state index in [2.05, 4.69) is 16.2 Å². The fourth-order valence-electron chi connectivity index (χ4n) is 4.08. The van der Waals surface area contributed by atoms with Gasteiger partial charge in [0, 0.05) is 49.7 Å². The van der Waals surface area contributed by atoms with Crippen molar-refractivity contribution in [3.8, 4) is 0 Å². The molecule has 160 valence electrons. The van der Waals surface area contributed by atoms with Crippen LogP contribution in [0.4, 0.5) is 0 Å².